The molecule has 0 amide bonds. The van der Waals surface area contributed by atoms with E-state index in [1.165, 1.54) is 5.56 Å². The molecule has 0 aliphatic carbocycles. The third kappa shape index (κ3) is 6.43. The van der Waals surface area contributed by atoms with Crippen LogP contribution >= 0.6 is 0 Å². The summed E-state index contributed by atoms with van der Waals surface area (Å²) < 4.78 is 5.61. The van der Waals surface area contributed by atoms with E-state index in [2.05, 4.69) is 36.5 Å². The van der Waals surface area contributed by atoms with Crippen molar-refractivity contribution in [3.63, 3.8) is 0 Å². The first-order valence-corrected chi connectivity index (χ1v) is 8.45. The summed E-state index contributed by atoms with van der Waals surface area (Å²) in [5.74, 6) is 0.834. The predicted octanol–water partition coefficient (Wildman–Crippen LogP) is 3.73. The third-order valence-corrected chi connectivity index (χ3v) is 3.74. The fourth-order valence-electron chi connectivity index (χ4n) is 2.44. The molecule has 0 aliphatic heterocycles. The van der Waals surface area contributed by atoms with Crippen molar-refractivity contribution in [1.29, 1.82) is 0 Å². The summed E-state index contributed by atoms with van der Waals surface area (Å²) >= 11 is 0. The zero-order valence-electron chi connectivity index (χ0n) is 13.9. The summed E-state index contributed by atoms with van der Waals surface area (Å²) in [6.07, 6.45) is 2.24. The number of aliphatic hydroxyl groups excluding tert-OH is 1. The van der Waals surface area contributed by atoms with E-state index < -0.39 is 6.10 Å². The Kier molecular flexibility index (Phi) is 7.64. The Morgan fingerprint density at radius 1 is 1.04 bits per heavy atom. The predicted molar refractivity (Wildman–Crippen MR) is 94.8 cm³/mol. The Hall–Kier alpha value is -1.84. The van der Waals surface area contributed by atoms with Crippen LogP contribution in [0.5, 0.6) is 5.75 Å². The first kappa shape index (κ1) is 17.5. The van der Waals surface area contributed by atoms with Gasteiger partial charge in [-0.15, -0.1) is 0 Å². The van der Waals surface area contributed by atoms with Crippen LogP contribution in [0.4, 0.5) is 0 Å². The highest BCUT2D eigenvalue weighted by Gasteiger charge is 2.08. The molecule has 0 bridgehead atoms. The van der Waals surface area contributed by atoms with Crippen LogP contribution in [0, 0.1) is 0 Å². The molecular weight excluding hydrogens is 286 g/mol. The lowest BCUT2D eigenvalue weighted by molar-refractivity contribution is 0.166. The highest BCUT2D eigenvalue weighted by Crippen LogP contribution is 2.21. The quantitative estimate of drug-likeness (QED) is 0.657. The van der Waals surface area contributed by atoms with Crippen molar-refractivity contribution in [2.45, 2.75) is 32.3 Å². The van der Waals surface area contributed by atoms with E-state index in [9.17, 15) is 5.11 Å². The summed E-state index contributed by atoms with van der Waals surface area (Å²) in [6, 6.07) is 18.2. The number of hydrogen-bond acceptors (Lipinski definition) is 3. The van der Waals surface area contributed by atoms with E-state index in [0.29, 0.717) is 13.0 Å². The van der Waals surface area contributed by atoms with Gasteiger partial charge in [0.1, 0.15) is 5.75 Å². The number of ether oxygens (including phenoxy) is 1. The summed E-state index contributed by atoms with van der Waals surface area (Å²) in [5.41, 5.74) is 2.25. The van der Waals surface area contributed by atoms with Gasteiger partial charge in [0.25, 0.3) is 0 Å². The van der Waals surface area contributed by atoms with Crippen molar-refractivity contribution in [1.82, 2.24) is 5.32 Å². The molecule has 23 heavy (non-hydrogen) atoms. The number of nitrogens with one attached hydrogen (secondary N) is 1. The average Bonchev–Trinajstić information content (AvgIpc) is 2.60. The van der Waals surface area contributed by atoms with Gasteiger partial charge in [0.05, 0.1) is 12.7 Å². The van der Waals surface area contributed by atoms with Gasteiger partial charge < -0.3 is 15.2 Å². The van der Waals surface area contributed by atoms with E-state index in [1.54, 1.807) is 0 Å². The topological polar surface area (TPSA) is 41.5 Å². The second kappa shape index (κ2) is 10.0. The monoisotopic (exact) mass is 313 g/mol. The molecule has 1 unspecified atom stereocenters. The zero-order valence-corrected chi connectivity index (χ0v) is 13.9. The first-order chi connectivity index (χ1) is 11.3. The van der Waals surface area contributed by atoms with Crippen molar-refractivity contribution in [3.05, 3.63) is 65.7 Å². The number of hydrogen-bond donors (Lipinski definition) is 2. The highest BCUT2D eigenvalue weighted by molar-refractivity contribution is 5.29. The van der Waals surface area contributed by atoms with Crippen LogP contribution in [0.1, 0.15) is 37.0 Å². The molecule has 3 heteroatoms. The van der Waals surface area contributed by atoms with E-state index >= 15 is 0 Å². The van der Waals surface area contributed by atoms with Gasteiger partial charge in [0, 0.05) is 0 Å². The first-order valence-electron chi connectivity index (χ1n) is 8.45. The molecule has 0 fully saturated rings. The van der Waals surface area contributed by atoms with Crippen LogP contribution in [0.15, 0.2) is 54.6 Å². The normalized spacial score (nSPS) is 12.1. The third-order valence-electron chi connectivity index (χ3n) is 3.74. The second-order valence-electron chi connectivity index (χ2n) is 5.71. The molecule has 2 aromatic carbocycles. The molecule has 0 radical (unpaired) electrons. The molecule has 3 nitrogen and oxygen atoms in total. The Morgan fingerprint density at radius 3 is 2.65 bits per heavy atom. The van der Waals surface area contributed by atoms with E-state index in [-0.39, 0.29) is 0 Å². The van der Waals surface area contributed by atoms with E-state index in [1.807, 2.05) is 30.3 Å². The Labute approximate surface area is 139 Å². The molecule has 0 heterocycles. The summed E-state index contributed by atoms with van der Waals surface area (Å²) in [7, 11) is 0. The molecule has 0 aliphatic rings. The second-order valence-corrected chi connectivity index (χ2v) is 5.71. The van der Waals surface area contributed by atoms with Gasteiger partial charge in [0.15, 0.2) is 0 Å². The number of rotatable bonds is 10. The summed E-state index contributed by atoms with van der Waals surface area (Å²) in [5, 5.41) is 13.7. The van der Waals surface area contributed by atoms with Crippen LogP contribution in [0.3, 0.4) is 0 Å². The molecule has 0 saturated heterocycles. The molecular formula is C20H27NO2. The Morgan fingerprint density at radius 2 is 1.87 bits per heavy atom. The van der Waals surface area contributed by atoms with Crippen LogP contribution in [0.2, 0.25) is 0 Å². The van der Waals surface area contributed by atoms with Gasteiger partial charge in [-0.05, 0) is 55.6 Å². The lowest BCUT2D eigenvalue weighted by atomic mass is 10.1. The highest BCUT2D eigenvalue weighted by atomic mass is 16.5. The van der Waals surface area contributed by atoms with Crippen molar-refractivity contribution in [2.24, 2.45) is 0 Å². The van der Waals surface area contributed by atoms with Crippen LogP contribution in [0.25, 0.3) is 0 Å². The van der Waals surface area contributed by atoms with Gasteiger partial charge in [-0.1, -0.05) is 49.4 Å². The maximum absolute atomic E-state index is 10.3. The van der Waals surface area contributed by atoms with Gasteiger partial charge >= 0.3 is 0 Å². The minimum Gasteiger partial charge on any atom is -0.494 e. The Bertz CT molecular complexity index is 557. The summed E-state index contributed by atoms with van der Waals surface area (Å²) in [6.45, 7) is 4.52. The fraction of sp³-hybridized carbons (Fsp3) is 0.400. The molecule has 2 N–H and O–H groups in total. The Balaban J connectivity index is 1.69. The number of benzene rings is 2. The molecule has 124 valence electrons. The maximum Gasteiger partial charge on any atom is 0.119 e. The standard InChI is InChI=1S/C20H27NO2/c1-2-15-23-19-10-6-9-18(16-19)20(22)12-14-21-13-11-17-7-4-3-5-8-17/h3-10,16,20-22H,2,11-15H2,1H3. The van der Waals surface area contributed by atoms with Crippen molar-refractivity contribution in [3.8, 4) is 5.75 Å². The molecule has 0 spiro atoms. The van der Waals surface area contributed by atoms with Gasteiger partial charge in [0.2, 0.25) is 0 Å². The van der Waals surface area contributed by atoms with E-state index in [4.69, 9.17) is 4.74 Å². The molecule has 2 aromatic rings. The SMILES string of the molecule is CCCOc1cccc(C(O)CCNCCc2ccccc2)c1. The van der Waals surface area contributed by atoms with Crippen molar-refractivity contribution < 1.29 is 9.84 Å². The molecule has 0 aromatic heterocycles. The van der Waals surface area contributed by atoms with Crippen molar-refractivity contribution >= 4 is 0 Å². The maximum atomic E-state index is 10.3. The smallest absolute Gasteiger partial charge is 0.119 e. The lowest BCUT2D eigenvalue weighted by Gasteiger charge is -2.13. The van der Waals surface area contributed by atoms with Crippen LogP contribution in [-0.4, -0.2) is 24.8 Å². The largest absolute Gasteiger partial charge is 0.494 e. The van der Waals surface area contributed by atoms with Gasteiger partial charge in [-0.2, -0.15) is 0 Å². The zero-order chi connectivity index (χ0) is 16.3. The fourth-order valence-corrected chi connectivity index (χ4v) is 2.44. The van der Waals surface area contributed by atoms with Gasteiger partial charge in [-0.25, -0.2) is 0 Å². The lowest BCUT2D eigenvalue weighted by Crippen LogP contribution is -2.20. The van der Waals surface area contributed by atoms with Gasteiger partial charge in [-0.3, -0.25) is 0 Å². The molecule has 2 rings (SSSR count). The van der Waals surface area contributed by atoms with Crippen LogP contribution in [-0.2, 0) is 6.42 Å². The average molecular weight is 313 g/mol. The minimum atomic E-state index is -0.454. The van der Waals surface area contributed by atoms with Crippen LogP contribution < -0.4 is 10.1 Å². The van der Waals surface area contributed by atoms with E-state index in [0.717, 1.165) is 37.2 Å². The molecule has 1 atom stereocenters. The van der Waals surface area contributed by atoms with Crippen molar-refractivity contribution in [2.75, 3.05) is 19.7 Å². The molecule has 0 saturated carbocycles. The summed E-state index contributed by atoms with van der Waals surface area (Å²) in [4.78, 5) is 0. The number of aliphatic hydroxyl groups is 1. The minimum absolute atomic E-state index is 0.454.